The molecular formula is C16H17ClN2O4S. The highest BCUT2D eigenvalue weighted by Gasteiger charge is 2.17. The van der Waals surface area contributed by atoms with Crippen molar-refractivity contribution in [3.05, 3.63) is 53.6 Å². The van der Waals surface area contributed by atoms with Gasteiger partial charge in [-0.1, -0.05) is 23.7 Å². The number of benzene rings is 2. The van der Waals surface area contributed by atoms with Crippen LogP contribution >= 0.6 is 11.6 Å². The molecule has 24 heavy (non-hydrogen) atoms. The molecule has 128 valence electrons. The van der Waals surface area contributed by atoms with Crippen molar-refractivity contribution in [3.63, 3.8) is 0 Å². The average molecular weight is 369 g/mol. The summed E-state index contributed by atoms with van der Waals surface area (Å²) in [7, 11) is -2.19. The minimum Gasteiger partial charge on any atom is -0.497 e. The molecular weight excluding hydrogens is 352 g/mol. The third-order valence-electron chi connectivity index (χ3n) is 3.14. The van der Waals surface area contributed by atoms with Crippen LogP contribution in [0.25, 0.3) is 0 Å². The summed E-state index contributed by atoms with van der Waals surface area (Å²) in [6.45, 7) is -0.0322. The van der Waals surface area contributed by atoms with E-state index in [-0.39, 0.29) is 28.8 Å². The van der Waals surface area contributed by atoms with Gasteiger partial charge in [0.1, 0.15) is 10.6 Å². The van der Waals surface area contributed by atoms with Gasteiger partial charge in [-0.3, -0.25) is 4.79 Å². The summed E-state index contributed by atoms with van der Waals surface area (Å²) in [5.74, 6) is 0.377. The molecule has 1 amide bonds. The van der Waals surface area contributed by atoms with Crippen LogP contribution in [0.1, 0.15) is 6.42 Å². The molecule has 0 spiro atoms. The lowest BCUT2D eigenvalue weighted by molar-refractivity contribution is -0.116. The van der Waals surface area contributed by atoms with Gasteiger partial charge in [0.15, 0.2) is 0 Å². The fourth-order valence-corrected chi connectivity index (χ4v) is 3.49. The van der Waals surface area contributed by atoms with E-state index in [0.717, 1.165) is 0 Å². The number of rotatable bonds is 7. The maximum atomic E-state index is 12.1. The number of hydrogen-bond acceptors (Lipinski definition) is 4. The molecule has 0 bridgehead atoms. The van der Waals surface area contributed by atoms with Gasteiger partial charge in [-0.25, -0.2) is 13.1 Å². The Morgan fingerprint density at radius 1 is 1.12 bits per heavy atom. The number of methoxy groups -OCH3 is 1. The zero-order valence-corrected chi connectivity index (χ0v) is 14.5. The quantitative estimate of drug-likeness (QED) is 0.786. The monoisotopic (exact) mass is 368 g/mol. The lowest BCUT2D eigenvalue weighted by atomic mass is 10.3. The molecule has 0 saturated carbocycles. The number of carbonyl (C=O) groups excluding carboxylic acids is 1. The van der Waals surface area contributed by atoms with Gasteiger partial charge in [-0.2, -0.15) is 0 Å². The van der Waals surface area contributed by atoms with Crippen LogP contribution in [0.5, 0.6) is 5.75 Å². The number of anilines is 1. The van der Waals surface area contributed by atoms with Gasteiger partial charge < -0.3 is 10.1 Å². The zero-order valence-electron chi connectivity index (χ0n) is 13.0. The number of sulfonamides is 1. The fraction of sp³-hybridized carbons (Fsp3) is 0.188. The highest BCUT2D eigenvalue weighted by atomic mass is 35.5. The van der Waals surface area contributed by atoms with E-state index < -0.39 is 10.0 Å². The number of hydrogen-bond donors (Lipinski definition) is 2. The van der Waals surface area contributed by atoms with Crippen LogP contribution in [-0.4, -0.2) is 28.0 Å². The van der Waals surface area contributed by atoms with Gasteiger partial charge in [0.05, 0.1) is 12.1 Å². The molecule has 0 aliphatic heterocycles. The van der Waals surface area contributed by atoms with E-state index in [1.807, 2.05) is 0 Å². The molecule has 0 atom stereocenters. The SMILES string of the molecule is COc1ccc(NC(=O)CCNS(=O)(=O)c2ccccc2Cl)cc1. The van der Waals surface area contributed by atoms with E-state index in [4.69, 9.17) is 16.3 Å². The first kappa shape index (κ1) is 18.3. The van der Waals surface area contributed by atoms with Crippen LogP contribution in [0.3, 0.4) is 0 Å². The van der Waals surface area contributed by atoms with E-state index in [1.165, 1.54) is 12.1 Å². The van der Waals surface area contributed by atoms with Crippen LogP contribution in [0.4, 0.5) is 5.69 Å². The number of amides is 1. The first-order valence-corrected chi connectivity index (χ1v) is 8.96. The van der Waals surface area contributed by atoms with Crippen molar-refractivity contribution in [2.75, 3.05) is 19.0 Å². The molecule has 0 unspecified atom stereocenters. The molecule has 2 aromatic carbocycles. The Bertz CT molecular complexity index is 807. The van der Waals surface area contributed by atoms with Crippen molar-refractivity contribution in [1.82, 2.24) is 4.72 Å². The average Bonchev–Trinajstić information content (AvgIpc) is 2.55. The second kappa shape index (κ2) is 8.14. The molecule has 0 aromatic heterocycles. The van der Waals surface area contributed by atoms with Crippen molar-refractivity contribution in [2.45, 2.75) is 11.3 Å². The topological polar surface area (TPSA) is 84.5 Å². The molecule has 0 fully saturated rings. The lowest BCUT2D eigenvalue weighted by Gasteiger charge is -2.09. The molecule has 2 rings (SSSR count). The third-order valence-corrected chi connectivity index (χ3v) is 5.10. The Balaban J connectivity index is 1.86. The standard InChI is InChI=1S/C16H17ClN2O4S/c1-23-13-8-6-12(7-9-13)19-16(20)10-11-18-24(21,22)15-5-3-2-4-14(15)17/h2-9,18H,10-11H2,1H3,(H,19,20). The second-order valence-corrected chi connectivity index (χ2v) is 7.00. The smallest absolute Gasteiger partial charge is 0.242 e. The van der Waals surface area contributed by atoms with Crippen molar-refractivity contribution in [3.8, 4) is 5.75 Å². The van der Waals surface area contributed by atoms with Gasteiger partial charge in [0, 0.05) is 18.7 Å². The van der Waals surface area contributed by atoms with Crippen LogP contribution in [0, 0.1) is 0 Å². The molecule has 6 nitrogen and oxygen atoms in total. The normalized spacial score (nSPS) is 11.1. The van der Waals surface area contributed by atoms with E-state index >= 15 is 0 Å². The molecule has 0 radical (unpaired) electrons. The predicted molar refractivity (Wildman–Crippen MR) is 92.9 cm³/mol. The van der Waals surface area contributed by atoms with Gasteiger partial charge >= 0.3 is 0 Å². The largest absolute Gasteiger partial charge is 0.497 e. The minimum absolute atomic E-state index is 0.00425. The van der Waals surface area contributed by atoms with Gasteiger partial charge in [-0.15, -0.1) is 0 Å². The summed E-state index contributed by atoms with van der Waals surface area (Å²) in [6, 6.07) is 13.0. The fourth-order valence-electron chi connectivity index (χ4n) is 1.94. The number of nitrogens with one attached hydrogen (secondary N) is 2. The Kier molecular flexibility index (Phi) is 6.19. The van der Waals surface area contributed by atoms with Crippen molar-refractivity contribution < 1.29 is 17.9 Å². The first-order chi connectivity index (χ1) is 11.4. The van der Waals surface area contributed by atoms with Crippen molar-refractivity contribution in [2.24, 2.45) is 0 Å². The van der Waals surface area contributed by atoms with Crippen LogP contribution in [-0.2, 0) is 14.8 Å². The van der Waals surface area contributed by atoms with Crippen LogP contribution < -0.4 is 14.8 Å². The van der Waals surface area contributed by atoms with E-state index in [2.05, 4.69) is 10.0 Å². The summed E-state index contributed by atoms with van der Waals surface area (Å²) in [6.07, 6.45) is -0.00425. The third kappa shape index (κ3) is 4.95. The number of carbonyl (C=O) groups is 1. The maximum Gasteiger partial charge on any atom is 0.242 e. The molecule has 8 heteroatoms. The molecule has 0 aliphatic carbocycles. The highest BCUT2D eigenvalue weighted by Crippen LogP contribution is 2.20. The van der Waals surface area contributed by atoms with Crippen LogP contribution in [0.2, 0.25) is 5.02 Å². The van der Waals surface area contributed by atoms with E-state index in [0.29, 0.717) is 11.4 Å². The summed E-state index contributed by atoms with van der Waals surface area (Å²) in [5.41, 5.74) is 0.606. The summed E-state index contributed by atoms with van der Waals surface area (Å²) >= 11 is 5.87. The Hall–Kier alpha value is -2.09. The summed E-state index contributed by atoms with van der Waals surface area (Å²) < 4.78 is 31.6. The van der Waals surface area contributed by atoms with E-state index in [9.17, 15) is 13.2 Å². The molecule has 2 aromatic rings. The summed E-state index contributed by atoms with van der Waals surface area (Å²) in [5, 5.41) is 2.81. The Morgan fingerprint density at radius 2 is 1.79 bits per heavy atom. The Labute approximate surface area is 145 Å². The molecule has 0 aliphatic rings. The number of halogens is 1. The Morgan fingerprint density at radius 3 is 2.42 bits per heavy atom. The zero-order chi connectivity index (χ0) is 17.6. The maximum absolute atomic E-state index is 12.1. The molecule has 2 N–H and O–H groups in total. The van der Waals surface area contributed by atoms with Crippen molar-refractivity contribution >= 4 is 33.2 Å². The van der Waals surface area contributed by atoms with E-state index in [1.54, 1.807) is 43.5 Å². The van der Waals surface area contributed by atoms with Gasteiger partial charge in [0.2, 0.25) is 15.9 Å². The number of ether oxygens (including phenoxy) is 1. The van der Waals surface area contributed by atoms with Gasteiger partial charge in [-0.05, 0) is 36.4 Å². The predicted octanol–water partition coefficient (Wildman–Crippen LogP) is 2.66. The molecule has 0 heterocycles. The highest BCUT2D eigenvalue weighted by molar-refractivity contribution is 7.89. The van der Waals surface area contributed by atoms with Crippen molar-refractivity contribution in [1.29, 1.82) is 0 Å². The lowest BCUT2D eigenvalue weighted by Crippen LogP contribution is -2.28. The first-order valence-electron chi connectivity index (χ1n) is 7.10. The molecule has 0 saturated heterocycles. The van der Waals surface area contributed by atoms with Crippen LogP contribution in [0.15, 0.2) is 53.4 Å². The minimum atomic E-state index is -3.75. The van der Waals surface area contributed by atoms with Gasteiger partial charge in [0.25, 0.3) is 0 Å². The summed E-state index contributed by atoms with van der Waals surface area (Å²) in [4.78, 5) is 11.8. The second-order valence-electron chi connectivity index (χ2n) is 4.85.